The van der Waals surface area contributed by atoms with E-state index in [0.29, 0.717) is 22.6 Å². The summed E-state index contributed by atoms with van der Waals surface area (Å²) in [5.74, 6) is -3.50. The lowest BCUT2D eigenvalue weighted by molar-refractivity contribution is 0.0307. The third-order valence-electron chi connectivity index (χ3n) is 5.02. The second kappa shape index (κ2) is 8.56. The van der Waals surface area contributed by atoms with E-state index in [1.807, 2.05) is 0 Å². The van der Waals surface area contributed by atoms with Crippen LogP contribution in [0.5, 0.6) is 5.75 Å². The quantitative estimate of drug-likeness (QED) is 0.391. The van der Waals surface area contributed by atoms with Crippen LogP contribution in [0.4, 0.5) is 8.78 Å². The molecule has 34 heavy (non-hydrogen) atoms. The zero-order valence-electron chi connectivity index (χ0n) is 17.9. The van der Waals surface area contributed by atoms with Crippen LogP contribution in [0.1, 0.15) is 11.4 Å². The first-order valence-corrected chi connectivity index (χ1v) is 10.2. The van der Waals surface area contributed by atoms with E-state index >= 15 is 8.78 Å². The van der Waals surface area contributed by atoms with Crippen LogP contribution < -0.4 is 4.74 Å². The number of aliphatic hydroxyl groups is 1. The topological polar surface area (TPSA) is 116 Å². The lowest BCUT2D eigenvalue weighted by atomic mass is 10.0. The highest BCUT2D eigenvalue weighted by Gasteiger charge is 2.40. The Labute approximate surface area is 191 Å². The number of hydrogen-bond acceptors (Lipinski definition) is 8. The van der Waals surface area contributed by atoms with E-state index < -0.39 is 11.7 Å². The fraction of sp³-hybridized carbons (Fsp3) is 0.182. The number of ether oxygens (including phenoxy) is 1. The van der Waals surface area contributed by atoms with E-state index in [0.717, 1.165) is 4.52 Å². The van der Waals surface area contributed by atoms with Gasteiger partial charge in [0.1, 0.15) is 6.61 Å². The van der Waals surface area contributed by atoms with Gasteiger partial charge in [0.15, 0.2) is 17.2 Å². The van der Waals surface area contributed by atoms with Crippen LogP contribution in [-0.4, -0.2) is 57.9 Å². The molecule has 1 N–H and O–H groups in total. The Kier molecular flexibility index (Phi) is 5.42. The van der Waals surface area contributed by atoms with Crippen molar-refractivity contribution in [2.45, 2.75) is 5.92 Å². The molecule has 0 spiro atoms. The molecule has 0 amide bonds. The Morgan fingerprint density at radius 3 is 2.59 bits per heavy atom. The maximum absolute atomic E-state index is 15.6. The average molecular weight is 464 g/mol. The monoisotopic (exact) mass is 464 g/mol. The highest BCUT2D eigenvalue weighted by Crippen LogP contribution is 2.36. The van der Waals surface area contributed by atoms with E-state index in [1.165, 1.54) is 30.6 Å². The van der Waals surface area contributed by atoms with E-state index in [1.54, 1.807) is 42.3 Å². The van der Waals surface area contributed by atoms with E-state index in [2.05, 4.69) is 30.4 Å². The molecule has 172 valence electrons. The van der Waals surface area contributed by atoms with Crippen LogP contribution in [0.15, 0.2) is 61.2 Å². The summed E-state index contributed by atoms with van der Waals surface area (Å²) in [5, 5.41) is 24.8. The van der Waals surface area contributed by atoms with Gasteiger partial charge in [0, 0.05) is 29.9 Å². The molecule has 4 aromatic heterocycles. The predicted molar refractivity (Wildman–Crippen MR) is 116 cm³/mol. The van der Waals surface area contributed by atoms with Crippen molar-refractivity contribution in [1.29, 1.82) is 0 Å². The molecule has 0 atom stereocenters. The number of benzene rings is 1. The highest BCUT2D eigenvalue weighted by molar-refractivity contribution is 5.59. The first kappa shape index (κ1) is 21.5. The SMILES string of the molecule is Cn1cc(-c2ccc3nnc(C(F)(F)c4cccc(-c5ncc(OCCO)cn5)c4)n3n2)cn1. The van der Waals surface area contributed by atoms with Crippen molar-refractivity contribution < 1.29 is 18.6 Å². The van der Waals surface area contributed by atoms with Gasteiger partial charge in [-0.25, -0.2) is 9.97 Å². The Bertz CT molecular complexity index is 1450. The maximum atomic E-state index is 15.6. The summed E-state index contributed by atoms with van der Waals surface area (Å²) in [6, 6.07) is 8.98. The van der Waals surface area contributed by atoms with Crippen LogP contribution >= 0.6 is 0 Å². The Hall–Kier alpha value is -4.32. The number of rotatable bonds is 7. The average Bonchev–Trinajstić information content (AvgIpc) is 3.49. The summed E-state index contributed by atoms with van der Waals surface area (Å²) in [5.41, 5.74) is 1.42. The zero-order valence-corrected chi connectivity index (χ0v) is 17.9. The predicted octanol–water partition coefficient (Wildman–Crippen LogP) is 2.49. The molecular weight excluding hydrogens is 446 g/mol. The van der Waals surface area contributed by atoms with E-state index in [9.17, 15) is 0 Å². The second-order valence-electron chi connectivity index (χ2n) is 7.38. The lowest BCUT2D eigenvalue weighted by Crippen LogP contribution is -2.20. The molecule has 0 aliphatic rings. The number of aromatic nitrogens is 8. The minimum atomic E-state index is -3.50. The van der Waals surface area contributed by atoms with Gasteiger partial charge in [0.05, 0.1) is 30.9 Å². The molecule has 0 fully saturated rings. The molecule has 0 unspecified atom stereocenters. The van der Waals surface area contributed by atoms with Crippen LogP contribution in [0.25, 0.3) is 28.3 Å². The van der Waals surface area contributed by atoms with Crippen LogP contribution in [0.2, 0.25) is 0 Å². The molecular formula is C22H18F2N8O2. The number of aliphatic hydroxyl groups excluding tert-OH is 1. The summed E-state index contributed by atoms with van der Waals surface area (Å²) in [4.78, 5) is 8.34. The van der Waals surface area contributed by atoms with Crippen molar-refractivity contribution in [3.05, 3.63) is 72.6 Å². The van der Waals surface area contributed by atoms with Gasteiger partial charge in [-0.1, -0.05) is 18.2 Å². The van der Waals surface area contributed by atoms with Crippen molar-refractivity contribution in [2.24, 2.45) is 7.05 Å². The Morgan fingerprint density at radius 1 is 1.03 bits per heavy atom. The lowest BCUT2D eigenvalue weighted by Gasteiger charge is -2.15. The highest BCUT2D eigenvalue weighted by atomic mass is 19.3. The molecule has 12 heteroatoms. The number of alkyl halides is 2. The molecule has 0 aliphatic carbocycles. The summed E-state index contributed by atoms with van der Waals surface area (Å²) in [7, 11) is 1.76. The van der Waals surface area contributed by atoms with Gasteiger partial charge in [0.2, 0.25) is 5.82 Å². The standard InChI is InChI=1S/C22H18F2N8O2/c1-31-13-15(10-27-31)18-5-6-19-28-29-21(32(19)30-18)22(23,24)16-4-2-3-14(9-16)20-25-11-17(12-26-20)34-8-7-33/h2-6,9-13,33H,7-8H2,1H3. The van der Waals surface area contributed by atoms with Crippen molar-refractivity contribution in [3.8, 4) is 28.4 Å². The van der Waals surface area contributed by atoms with Crippen molar-refractivity contribution in [2.75, 3.05) is 13.2 Å². The van der Waals surface area contributed by atoms with Crippen LogP contribution in [0.3, 0.4) is 0 Å². The maximum Gasteiger partial charge on any atom is 0.333 e. The number of fused-ring (bicyclic) bond motifs is 1. The summed E-state index contributed by atoms with van der Waals surface area (Å²) >= 11 is 0. The molecule has 5 aromatic rings. The van der Waals surface area contributed by atoms with E-state index in [4.69, 9.17) is 9.84 Å². The molecule has 10 nitrogen and oxygen atoms in total. The molecule has 4 heterocycles. The van der Waals surface area contributed by atoms with Crippen LogP contribution in [-0.2, 0) is 13.0 Å². The van der Waals surface area contributed by atoms with Gasteiger partial charge in [-0.05, 0) is 18.2 Å². The summed E-state index contributed by atoms with van der Waals surface area (Å²) in [6.07, 6.45) is 6.16. The normalized spacial score (nSPS) is 11.8. The molecule has 0 radical (unpaired) electrons. The van der Waals surface area contributed by atoms with Gasteiger partial charge >= 0.3 is 5.92 Å². The largest absolute Gasteiger partial charge is 0.488 e. The molecule has 0 saturated heterocycles. The smallest absolute Gasteiger partial charge is 0.333 e. The molecule has 0 bridgehead atoms. The van der Waals surface area contributed by atoms with Crippen LogP contribution in [0, 0.1) is 0 Å². The van der Waals surface area contributed by atoms with Gasteiger partial charge in [0.25, 0.3) is 0 Å². The fourth-order valence-corrected chi connectivity index (χ4v) is 3.38. The minimum absolute atomic E-state index is 0.104. The van der Waals surface area contributed by atoms with Gasteiger partial charge in [-0.15, -0.1) is 10.2 Å². The van der Waals surface area contributed by atoms with Crippen molar-refractivity contribution in [1.82, 2.24) is 39.6 Å². The number of halogens is 2. The van der Waals surface area contributed by atoms with Gasteiger partial charge in [-0.2, -0.15) is 23.5 Å². The summed E-state index contributed by atoms with van der Waals surface area (Å²) in [6.45, 7) is -0.0396. The molecule has 5 rings (SSSR count). The number of aryl methyl sites for hydroxylation is 1. The third-order valence-corrected chi connectivity index (χ3v) is 5.02. The molecule has 0 saturated carbocycles. The summed E-state index contributed by atoms with van der Waals surface area (Å²) < 4.78 is 39.1. The van der Waals surface area contributed by atoms with E-state index in [-0.39, 0.29) is 30.2 Å². The Balaban J connectivity index is 1.50. The first-order valence-electron chi connectivity index (χ1n) is 10.2. The number of hydrogen-bond donors (Lipinski definition) is 1. The first-order chi connectivity index (χ1) is 16.5. The third kappa shape index (κ3) is 3.94. The van der Waals surface area contributed by atoms with Crippen molar-refractivity contribution >= 4 is 5.65 Å². The zero-order chi connectivity index (χ0) is 23.7. The Morgan fingerprint density at radius 2 is 1.85 bits per heavy atom. The second-order valence-corrected chi connectivity index (χ2v) is 7.38. The van der Waals surface area contributed by atoms with Gasteiger partial charge in [-0.3, -0.25) is 4.68 Å². The number of nitrogens with zero attached hydrogens (tertiary/aromatic N) is 8. The molecule has 1 aromatic carbocycles. The van der Waals surface area contributed by atoms with Crippen molar-refractivity contribution in [3.63, 3.8) is 0 Å². The molecule has 0 aliphatic heterocycles. The van der Waals surface area contributed by atoms with Gasteiger partial charge < -0.3 is 9.84 Å². The minimum Gasteiger partial charge on any atom is -0.488 e. The fourth-order valence-electron chi connectivity index (χ4n) is 3.38.